The molecule has 1 aromatic heterocycles. The van der Waals surface area contributed by atoms with E-state index in [9.17, 15) is 0 Å². The van der Waals surface area contributed by atoms with Crippen LogP contribution in [-0.4, -0.2) is 43.3 Å². The van der Waals surface area contributed by atoms with E-state index in [-0.39, 0.29) is 5.54 Å². The number of halogens is 1. The second-order valence-corrected chi connectivity index (χ2v) is 7.06. The van der Waals surface area contributed by atoms with Crippen molar-refractivity contribution in [2.45, 2.75) is 25.9 Å². The molecule has 0 spiro atoms. The first-order valence-electron chi connectivity index (χ1n) is 6.35. The monoisotopic (exact) mass is 332 g/mol. The maximum Gasteiger partial charge on any atom is 0.0594 e. The summed E-state index contributed by atoms with van der Waals surface area (Å²) in [6, 6.07) is 2.11. The van der Waals surface area contributed by atoms with Crippen molar-refractivity contribution in [2.24, 2.45) is 0 Å². The van der Waals surface area contributed by atoms with Crippen LogP contribution in [0.25, 0.3) is 0 Å². The van der Waals surface area contributed by atoms with Gasteiger partial charge in [-0.15, -0.1) is 11.3 Å². The van der Waals surface area contributed by atoms with Crippen LogP contribution in [0.4, 0.5) is 0 Å². The van der Waals surface area contributed by atoms with Crippen LogP contribution < -0.4 is 5.32 Å². The number of rotatable bonds is 5. The van der Waals surface area contributed by atoms with E-state index < -0.39 is 0 Å². The van der Waals surface area contributed by atoms with Crippen molar-refractivity contribution in [2.75, 3.05) is 32.8 Å². The van der Waals surface area contributed by atoms with Gasteiger partial charge in [0.2, 0.25) is 0 Å². The van der Waals surface area contributed by atoms with Crippen molar-refractivity contribution in [3.63, 3.8) is 0 Å². The summed E-state index contributed by atoms with van der Waals surface area (Å²) >= 11 is 5.36. The molecule has 1 aliphatic rings. The third-order valence-corrected chi connectivity index (χ3v) is 5.33. The fourth-order valence-corrected chi connectivity index (χ4v) is 3.68. The van der Waals surface area contributed by atoms with E-state index in [1.165, 1.54) is 9.35 Å². The highest BCUT2D eigenvalue weighted by atomic mass is 79.9. The lowest BCUT2D eigenvalue weighted by molar-refractivity contribution is -0.00965. The summed E-state index contributed by atoms with van der Waals surface area (Å²) in [5.41, 5.74) is 0.188. The van der Waals surface area contributed by atoms with Crippen molar-refractivity contribution < 1.29 is 4.74 Å². The van der Waals surface area contributed by atoms with Gasteiger partial charge < -0.3 is 10.1 Å². The van der Waals surface area contributed by atoms with E-state index in [4.69, 9.17) is 4.74 Å². The van der Waals surface area contributed by atoms with Gasteiger partial charge in [0.1, 0.15) is 0 Å². The van der Waals surface area contributed by atoms with Crippen molar-refractivity contribution in [1.82, 2.24) is 10.2 Å². The Morgan fingerprint density at radius 1 is 1.44 bits per heavy atom. The number of thiophene rings is 1. The van der Waals surface area contributed by atoms with Crippen LogP contribution in [0.5, 0.6) is 0 Å². The number of nitrogens with zero attached hydrogens (tertiary/aromatic N) is 1. The molecule has 0 bridgehead atoms. The summed E-state index contributed by atoms with van der Waals surface area (Å²) in [6.45, 7) is 10.3. The van der Waals surface area contributed by atoms with Crippen LogP contribution in [0.1, 0.15) is 18.7 Å². The molecular weight excluding hydrogens is 312 g/mol. The largest absolute Gasteiger partial charge is 0.379 e. The minimum Gasteiger partial charge on any atom is -0.379 e. The summed E-state index contributed by atoms with van der Waals surface area (Å²) in [6.07, 6.45) is 0. The number of hydrogen-bond donors (Lipinski definition) is 1. The van der Waals surface area contributed by atoms with E-state index in [0.29, 0.717) is 0 Å². The predicted octanol–water partition coefficient (Wildman–Crippen LogP) is 2.71. The maximum atomic E-state index is 5.41. The Morgan fingerprint density at radius 3 is 2.78 bits per heavy atom. The number of hydrogen-bond acceptors (Lipinski definition) is 4. The fraction of sp³-hybridized carbons (Fsp3) is 0.692. The molecule has 0 aromatic carbocycles. The van der Waals surface area contributed by atoms with E-state index in [2.05, 4.69) is 51.4 Å². The second-order valence-electron chi connectivity index (χ2n) is 5.21. The topological polar surface area (TPSA) is 24.5 Å². The molecule has 0 atom stereocenters. The molecule has 3 nitrogen and oxygen atoms in total. The molecule has 1 aliphatic heterocycles. The standard InChI is InChI=1S/C13H21BrN2OS/c1-13(2,16-4-6-17-7-5-16)10-15-9-12-11(14)3-8-18-12/h3,8,15H,4-7,9-10H2,1-2H3. The Bertz CT molecular complexity index is 375. The number of nitrogens with one attached hydrogen (secondary N) is 1. The van der Waals surface area contributed by atoms with Gasteiger partial charge >= 0.3 is 0 Å². The fourth-order valence-electron chi connectivity index (χ4n) is 2.21. The van der Waals surface area contributed by atoms with E-state index in [1.54, 1.807) is 11.3 Å². The Hall–Kier alpha value is 0.0600. The molecule has 1 N–H and O–H groups in total. The molecular formula is C13H21BrN2OS. The molecule has 5 heteroatoms. The van der Waals surface area contributed by atoms with Crippen LogP contribution in [0.15, 0.2) is 15.9 Å². The van der Waals surface area contributed by atoms with Crippen LogP contribution in [0, 0.1) is 0 Å². The molecule has 2 rings (SSSR count). The molecule has 102 valence electrons. The summed E-state index contributed by atoms with van der Waals surface area (Å²) in [5, 5.41) is 5.68. The van der Waals surface area contributed by atoms with Crippen molar-refractivity contribution in [1.29, 1.82) is 0 Å². The Kier molecular flexibility index (Phi) is 5.21. The second kappa shape index (κ2) is 6.48. The highest BCUT2D eigenvalue weighted by molar-refractivity contribution is 9.10. The highest BCUT2D eigenvalue weighted by Crippen LogP contribution is 2.22. The molecule has 0 saturated carbocycles. The zero-order valence-corrected chi connectivity index (χ0v) is 13.4. The zero-order chi connectivity index (χ0) is 13.0. The lowest BCUT2D eigenvalue weighted by Gasteiger charge is -2.41. The van der Waals surface area contributed by atoms with Gasteiger partial charge in [-0.3, -0.25) is 4.90 Å². The van der Waals surface area contributed by atoms with Crippen LogP contribution in [0.3, 0.4) is 0 Å². The Morgan fingerprint density at radius 2 is 2.17 bits per heavy atom. The first-order valence-corrected chi connectivity index (χ1v) is 8.02. The Balaban J connectivity index is 1.79. The smallest absolute Gasteiger partial charge is 0.0594 e. The van der Waals surface area contributed by atoms with Crippen molar-refractivity contribution in [3.05, 3.63) is 20.8 Å². The van der Waals surface area contributed by atoms with Crippen LogP contribution in [-0.2, 0) is 11.3 Å². The third-order valence-electron chi connectivity index (χ3n) is 3.40. The first kappa shape index (κ1) is 14.5. The lowest BCUT2D eigenvalue weighted by atomic mass is 10.0. The molecule has 0 aliphatic carbocycles. The molecule has 2 heterocycles. The van der Waals surface area contributed by atoms with E-state index in [0.717, 1.165) is 39.4 Å². The first-order chi connectivity index (χ1) is 8.59. The van der Waals surface area contributed by atoms with Gasteiger partial charge in [0.25, 0.3) is 0 Å². The minimum atomic E-state index is 0.188. The number of ether oxygens (including phenoxy) is 1. The minimum absolute atomic E-state index is 0.188. The van der Waals surface area contributed by atoms with Gasteiger partial charge in [-0.1, -0.05) is 0 Å². The lowest BCUT2D eigenvalue weighted by Crippen LogP contribution is -2.54. The molecule has 18 heavy (non-hydrogen) atoms. The van der Waals surface area contributed by atoms with E-state index in [1.807, 2.05) is 0 Å². The molecule has 1 fully saturated rings. The summed E-state index contributed by atoms with van der Waals surface area (Å²) < 4.78 is 6.62. The van der Waals surface area contributed by atoms with Gasteiger partial charge in [-0.25, -0.2) is 0 Å². The highest BCUT2D eigenvalue weighted by Gasteiger charge is 2.27. The quantitative estimate of drug-likeness (QED) is 0.897. The van der Waals surface area contributed by atoms with Gasteiger partial charge in [0, 0.05) is 41.1 Å². The van der Waals surface area contributed by atoms with Crippen molar-refractivity contribution >= 4 is 27.3 Å². The Labute approximate surface area is 122 Å². The van der Waals surface area contributed by atoms with E-state index >= 15 is 0 Å². The molecule has 0 radical (unpaired) electrons. The normalized spacial score (nSPS) is 18.2. The van der Waals surface area contributed by atoms with Gasteiger partial charge in [-0.05, 0) is 41.2 Å². The SMILES string of the molecule is CC(C)(CNCc1sccc1Br)N1CCOCC1. The molecule has 1 saturated heterocycles. The van der Waals surface area contributed by atoms with Gasteiger partial charge in [0.05, 0.1) is 13.2 Å². The third kappa shape index (κ3) is 3.78. The zero-order valence-electron chi connectivity index (χ0n) is 11.0. The number of morpholine rings is 1. The molecule has 0 unspecified atom stereocenters. The maximum absolute atomic E-state index is 5.41. The molecule has 0 amide bonds. The van der Waals surface area contributed by atoms with Gasteiger partial charge in [0.15, 0.2) is 0 Å². The molecule has 1 aromatic rings. The summed E-state index contributed by atoms with van der Waals surface area (Å²) in [7, 11) is 0. The van der Waals surface area contributed by atoms with Crippen LogP contribution >= 0.6 is 27.3 Å². The van der Waals surface area contributed by atoms with Gasteiger partial charge in [-0.2, -0.15) is 0 Å². The summed E-state index contributed by atoms with van der Waals surface area (Å²) in [5.74, 6) is 0. The average molecular weight is 333 g/mol. The van der Waals surface area contributed by atoms with Crippen LogP contribution in [0.2, 0.25) is 0 Å². The average Bonchev–Trinajstić information content (AvgIpc) is 2.76. The predicted molar refractivity (Wildman–Crippen MR) is 80.2 cm³/mol. The summed E-state index contributed by atoms with van der Waals surface area (Å²) in [4.78, 5) is 3.88. The van der Waals surface area contributed by atoms with Crippen molar-refractivity contribution in [3.8, 4) is 0 Å².